The second-order valence-electron chi connectivity index (χ2n) is 6.56. The van der Waals surface area contributed by atoms with Gasteiger partial charge in [0.2, 0.25) is 0 Å². The molecule has 0 spiro atoms. The highest BCUT2D eigenvalue weighted by Crippen LogP contribution is 2.32. The Kier molecular flexibility index (Phi) is 5.00. The fraction of sp³-hybridized carbons (Fsp3) is 0.474. The minimum absolute atomic E-state index is 0.223. The first-order chi connectivity index (χ1) is 11.6. The van der Waals surface area contributed by atoms with Gasteiger partial charge in [0.1, 0.15) is 11.4 Å². The molecule has 1 aliphatic carbocycles. The third-order valence-electron chi connectivity index (χ3n) is 4.49. The van der Waals surface area contributed by atoms with Crippen molar-refractivity contribution >= 4 is 5.78 Å². The molecule has 5 heteroatoms. The van der Waals surface area contributed by atoms with Gasteiger partial charge in [0.05, 0.1) is 12.7 Å². The highest BCUT2D eigenvalue weighted by Gasteiger charge is 2.27. The lowest BCUT2D eigenvalue weighted by Crippen LogP contribution is -2.18. The van der Waals surface area contributed by atoms with Gasteiger partial charge in [0.15, 0.2) is 5.78 Å². The number of Topliss-reactive ketones (excluding diaryl/α,β-unsaturated/α-hetero) is 1. The van der Waals surface area contributed by atoms with E-state index in [-0.39, 0.29) is 5.78 Å². The summed E-state index contributed by atoms with van der Waals surface area (Å²) in [5.74, 6) is 1.03. The van der Waals surface area contributed by atoms with Crippen LogP contribution in [0, 0.1) is 0 Å². The van der Waals surface area contributed by atoms with Gasteiger partial charge in [-0.05, 0) is 64.2 Å². The topological polar surface area (TPSA) is 47.4 Å². The van der Waals surface area contributed by atoms with Crippen LogP contribution in [0.15, 0.2) is 24.3 Å². The van der Waals surface area contributed by atoms with E-state index >= 15 is 0 Å². The predicted octanol–water partition coefficient (Wildman–Crippen LogP) is 3.03. The molecule has 0 fully saturated rings. The van der Waals surface area contributed by atoms with Crippen molar-refractivity contribution in [3.05, 3.63) is 35.5 Å². The molecule has 0 saturated carbocycles. The van der Waals surface area contributed by atoms with Crippen LogP contribution in [-0.2, 0) is 13.0 Å². The monoisotopic (exact) mass is 327 g/mol. The maximum absolute atomic E-state index is 12.5. The standard InChI is InChI=1S/C19H25N3O2/c1-21(2)12-5-13-22-16-6-4-7-17(23)18(16)19(20-22)14-8-10-15(24-3)11-9-14/h8-11H,4-7,12-13H2,1-3H3. The molecule has 0 amide bonds. The van der Waals surface area contributed by atoms with E-state index in [1.165, 1.54) is 0 Å². The maximum Gasteiger partial charge on any atom is 0.166 e. The summed E-state index contributed by atoms with van der Waals surface area (Å²) in [6.45, 7) is 1.87. The van der Waals surface area contributed by atoms with Crippen molar-refractivity contribution in [3.8, 4) is 17.0 Å². The van der Waals surface area contributed by atoms with Crippen molar-refractivity contribution in [1.29, 1.82) is 0 Å². The van der Waals surface area contributed by atoms with Gasteiger partial charge in [-0.25, -0.2) is 0 Å². The van der Waals surface area contributed by atoms with Gasteiger partial charge in [0.25, 0.3) is 0 Å². The zero-order valence-corrected chi connectivity index (χ0v) is 14.7. The van der Waals surface area contributed by atoms with Gasteiger partial charge in [-0.15, -0.1) is 0 Å². The molecule has 24 heavy (non-hydrogen) atoms. The van der Waals surface area contributed by atoms with Crippen molar-refractivity contribution in [1.82, 2.24) is 14.7 Å². The Hall–Kier alpha value is -2.14. The average molecular weight is 327 g/mol. The number of ether oxygens (including phenoxy) is 1. The summed E-state index contributed by atoms with van der Waals surface area (Å²) < 4.78 is 7.27. The number of fused-ring (bicyclic) bond motifs is 1. The van der Waals surface area contributed by atoms with Crippen LogP contribution in [0.1, 0.15) is 35.3 Å². The number of benzene rings is 1. The van der Waals surface area contributed by atoms with Crippen molar-refractivity contribution < 1.29 is 9.53 Å². The molecule has 0 radical (unpaired) electrons. The number of hydrogen-bond acceptors (Lipinski definition) is 4. The Morgan fingerprint density at radius 1 is 1.21 bits per heavy atom. The molecule has 2 aromatic rings. The number of carbonyl (C=O) groups excluding carboxylic acids is 1. The van der Waals surface area contributed by atoms with Gasteiger partial charge in [-0.2, -0.15) is 5.10 Å². The number of aryl methyl sites for hydroxylation is 1. The molecule has 3 rings (SSSR count). The predicted molar refractivity (Wildman–Crippen MR) is 94.7 cm³/mol. The summed E-state index contributed by atoms with van der Waals surface area (Å²) >= 11 is 0. The van der Waals surface area contributed by atoms with Gasteiger partial charge in [0, 0.05) is 24.2 Å². The Bertz CT molecular complexity index is 717. The van der Waals surface area contributed by atoms with E-state index in [0.717, 1.165) is 60.6 Å². The van der Waals surface area contributed by atoms with Crippen LogP contribution in [0.3, 0.4) is 0 Å². The van der Waals surface area contributed by atoms with Crippen molar-refractivity contribution in [3.63, 3.8) is 0 Å². The summed E-state index contributed by atoms with van der Waals surface area (Å²) in [7, 11) is 5.80. The first-order valence-corrected chi connectivity index (χ1v) is 8.52. The Balaban J connectivity index is 1.95. The zero-order chi connectivity index (χ0) is 17.1. The van der Waals surface area contributed by atoms with E-state index in [2.05, 4.69) is 23.7 Å². The molecule has 1 aromatic heterocycles. The molecule has 0 N–H and O–H groups in total. The second-order valence-corrected chi connectivity index (χ2v) is 6.56. The fourth-order valence-corrected chi connectivity index (χ4v) is 3.26. The Morgan fingerprint density at radius 3 is 2.62 bits per heavy atom. The molecule has 1 aliphatic rings. The van der Waals surface area contributed by atoms with Crippen molar-refractivity contribution in [2.75, 3.05) is 27.7 Å². The van der Waals surface area contributed by atoms with Crippen LogP contribution in [-0.4, -0.2) is 48.2 Å². The number of ketones is 1. The minimum Gasteiger partial charge on any atom is -0.497 e. The number of nitrogens with zero attached hydrogens (tertiary/aromatic N) is 3. The van der Waals surface area contributed by atoms with E-state index in [0.29, 0.717) is 6.42 Å². The highest BCUT2D eigenvalue weighted by molar-refractivity contribution is 6.03. The molecule has 0 bridgehead atoms. The van der Waals surface area contributed by atoms with Gasteiger partial charge >= 0.3 is 0 Å². The molecule has 0 aliphatic heterocycles. The number of aromatic nitrogens is 2. The van der Waals surface area contributed by atoms with E-state index in [4.69, 9.17) is 9.84 Å². The highest BCUT2D eigenvalue weighted by atomic mass is 16.5. The van der Waals surface area contributed by atoms with Crippen LogP contribution in [0.2, 0.25) is 0 Å². The molecular formula is C19H25N3O2. The summed E-state index contributed by atoms with van der Waals surface area (Å²) in [6, 6.07) is 7.79. The zero-order valence-electron chi connectivity index (χ0n) is 14.7. The van der Waals surface area contributed by atoms with Gasteiger partial charge < -0.3 is 9.64 Å². The lowest BCUT2D eigenvalue weighted by molar-refractivity contribution is 0.0972. The lowest BCUT2D eigenvalue weighted by Gasteiger charge is -2.14. The average Bonchev–Trinajstić information content (AvgIpc) is 2.95. The fourth-order valence-electron chi connectivity index (χ4n) is 3.26. The van der Waals surface area contributed by atoms with Crippen LogP contribution < -0.4 is 4.74 Å². The molecule has 128 valence electrons. The number of hydrogen-bond donors (Lipinski definition) is 0. The molecule has 0 unspecified atom stereocenters. The molecule has 5 nitrogen and oxygen atoms in total. The maximum atomic E-state index is 12.5. The van der Waals surface area contributed by atoms with Gasteiger partial charge in [-0.1, -0.05) is 0 Å². The largest absolute Gasteiger partial charge is 0.497 e. The number of methoxy groups -OCH3 is 1. The Morgan fingerprint density at radius 2 is 1.96 bits per heavy atom. The van der Waals surface area contributed by atoms with E-state index < -0.39 is 0 Å². The normalized spacial score (nSPS) is 14.1. The minimum atomic E-state index is 0.223. The van der Waals surface area contributed by atoms with E-state index in [1.807, 2.05) is 24.3 Å². The van der Waals surface area contributed by atoms with Crippen LogP contribution in [0.5, 0.6) is 5.75 Å². The van der Waals surface area contributed by atoms with E-state index in [9.17, 15) is 4.79 Å². The summed E-state index contributed by atoms with van der Waals surface area (Å²) in [5, 5.41) is 4.80. The SMILES string of the molecule is COc1ccc(-c2nn(CCCN(C)C)c3c2C(=O)CCC3)cc1. The summed E-state index contributed by atoms with van der Waals surface area (Å²) in [5.41, 5.74) is 3.74. The van der Waals surface area contributed by atoms with Crippen molar-refractivity contribution in [2.45, 2.75) is 32.2 Å². The smallest absolute Gasteiger partial charge is 0.166 e. The van der Waals surface area contributed by atoms with Crippen LogP contribution >= 0.6 is 0 Å². The Labute approximate surface area is 143 Å². The molecular weight excluding hydrogens is 302 g/mol. The van der Waals surface area contributed by atoms with Crippen LogP contribution in [0.25, 0.3) is 11.3 Å². The molecule has 1 aromatic carbocycles. The lowest BCUT2D eigenvalue weighted by atomic mass is 9.92. The quantitative estimate of drug-likeness (QED) is 0.818. The van der Waals surface area contributed by atoms with Crippen LogP contribution in [0.4, 0.5) is 0 Å². The first-order valence-electron chi connectivity index (χ1n) is 8.52. The first kappa shape index (κ1) is 16.7. The summed E-state index contributed by atoms with van der Waals surface area (Å²) in [6.07, 6.45) is 3.51. The number of rotatable bonds is 6. The number of carbonyl (C=O) groups is 1. The molecule has 0 saturated heterocycles. The van der Waals surface area contributed by atoms with Gasteiger partial charge in [-0.3, -0.25) is 9.48 Å². The third kappa shape index (κ3) is 3.36. The van der Waals surface area contributed by atoms with E-state index in [1.54, 1.807) is 7.11 Å². The molecule has 1 heterocycles. The second kappa shape index (κ2) is 7.18. The molecule has 0 atom stereocenters. The van der Waals surface area contributed by atoms with Crippen molar-refractivity contribution in [2.24, 2.45) is 0 Å². The third-order valence-corrected chi connectivity index (χ3v) is 4.49. The summed E-state index contributed by atoms with van der Waals surface area (Å²) in [4.78, 5) is 14.7.